The van der Waals surface area contributed by atoms with E-state index in [0.29, 0.717) is 6.42 Å². The summed E-state index contributed by atoms with van der Waals surface area (Å²) in [6, 6.07) is 3.66. The molecule has 0 aromatic heterocycles. The number of aromatic hydroxyl groups is 1. The van der Waals surface area contributed by atoms with Crippen LogP contribution in [-0.2, 0) is 4.79 Å². The molecule has 0 aliphatic heterocycles. The first kappa shape index (κ1) is 11.2. The molecule has 0 spiro atoms. The van der Waals surface area contributed by atoms with Crippen molar-refractivity contribution in [3.05, 3.63) is 27.7 Å². The lowest BCUT2D eigenvalue weighted by Gasteiger charge is -2.11. The van der Waals surface area contributed by atoms with Gasteiger partial charge in [0.1, 0.15) is 12.0 Å². The summed E-state index contributed by atoms with van der Waals surface area (Å²) in [6.07, 6.45) is 1.38. The largest absolute Gasteiger partial charge is 0.508 e. The number of phenolic OH excluding ortho intramolecular Hbond substituents is 1. The average molecular weight is 257 g/mol. The zero-order valence-corrected chi connectivity index (χ0v) is 9.84. The normalized spacial score (nSPS) is 12.5. The number of phenols is 1. The Morgan fingerprint density at radius 3 is 2.71 bits per heavy atom. The Morgan fingerprint density at radius 2 is 2.21 bits per heavy atom. The van der Waals surface area contributed by atoms with Crippen LogP contribution in [0.15, 0.2) is 16.6 Å². The number of carbonyl (C=O) groups is 1. The lowest BCUT2D eigenvalue weighted by Crippen LogP contribution is -1.95. The third kappa shape index (κ3) is 2.35. The quantitative estimate of drug-likeness (QED) is 0.844. The Hall–Kier alpha value is -0.830. The zero-order chi connectivity index (χ0) is 10.7. The minimum atomic E-state index is 0.148. The second kappa shape index (κ2) is 4.60. The highest BCUT2D eigenvalue weighted by atomic mass is 79.9. The monoisotopic (exact) mass is 256 g/mol. The molecule has 1 unspecified atom stereocenters. The van der Waals surface area contributed by atoms with Crippen molar-refractivity contribution in [2.75, 3.05) is 0 Å². The topological polar surface area (TPSA) is 37.3 Å². The van der Waals surface area contributed by atoms with E-state index in [1.165, 1.54) is 0 Å². The van der Waals surface area contributed by atoms with Gasteiger partial charge in [-0.25, -0.2) is 0 Å². The van der Waals surface area contributed by atoms with Gasteiger partial charge >= 0.3 is 0 Å². The van der Waals surface area contributed by atoms with Crippen molar-refractivity contribution in [3.63, 3.8) is 0 Å². The standard InChI is InChI=1S/C11H13BrO2/c1-7(3-4-13)9-5-10(12)8(2)11(14)6-9/h4-7,14H,3H2,1-2H3. The molecule has 0 radical (unpaired) electrons. The van der Waals surface area contributed by atoms with Gasteiger partial charge in [0.15, 0.2) is 0 Å². The molecule has 0 bridgehead atoms. The summed E-state index contributed by atoms with van der Waals surface area (Å²) in [6.45, 7) is 3.80. The first-order valence-electron chi connectivity index (χ1n) is 4.49. The molecule has 1 aromatic rings. The van der Waals surface area contributed by atoms with Crippen LogP contribution in [0.4, 0.5) is 0 Å². The van der Waals surface area contributed by atoms with E-state index in [2.05, 4.69) is 15.9 Å². The Bertz CT molecular complexity index is 324. The van der Waals surface area contributed by atoms with E-state index in [4.69, 9.17) is 0 Å². The van der Waals surface area contributed by atoms with Crippen LogP contribution in [0.2, 0.25) is 0 Å². The van der Waals surface area contributed by atoms with Gasteiger partial charge in [-0.15, -0.1) is 0 Å². The van der Waals surface area contributed by atoms with E-state index in [0.717, 1.165) is 21.9 Å². The second-order valence-electron chi connectivity index (χ2n) is 3.45. The number of rotatable bonds is 3. The van der Waals surface area contributed by atoms with Gasteiger partial charge in [-0.05, 0) is 30.5 Å². The predicted molar refractivity (Wildman–Crippen MR) is 59.6 cm³/mol. The maximum Gasteiger partial charge on any atom is 0.120 e. The Kier molecular flexibility index (Phi) is 3.69. The fourth-order valence-corrected chi connectivity index (χ4v) is 1.72. The molecule has 76 valence electrons. The van der Waals surface area contributed by atoms with Gasteiger partial charge in [0.05, 0.1) is 0 Å². The number of benzene rings is 1. The lowest BCUT2D eigenvalue weighted by atomic mass is 9.97. The van der Waals surface area contributed by atoms with E-state index in [1.54, 1.807) is 6.07 Å². The van der Waals surface area contributed by atoms with Crippen molar-refractivity contribution in [2.45, 2.75) is 26.2 Å². The summed E-state index contributed by atoms with van der Waals surface area (Å²) in [5.41, 5.74) is 1.80. The van der Waals surface area contributed by atoms with E-state index >= 15 is 0 Å². The van der Waals surface area contributed by atoms with Crippen molar-refractivity contribution in [3.8, 4) is 5.75 Å². The van der Waals surface area contributed by atoms with Crippen molar-refractivity contribution in [1.82, 2.24) is 0 Å². The first-order valence-corrected chi connectivity index (χ1v) is 5.28. The maximum atomic E-state index is 10.4. The first-order chi connectivity index (χ1) is 6.56. The SMILES string of the molecule is Cc1c(O)cc(C(C)CC=O)cc1Br. The molecule has 0 aliphatic carbocycles. The van der Waals surface area contributed by atoms with Gasteiger partial charge in [-0.3, -0.25) is 0 Å². The molecular weight excluding hydrogens is 244 g/mol. The summed E-state index contributed by atoms with van der Waals surface area (Å²) in [5, 5.41) is 9.58. The number of aldehydes is 1. The molecule has 2 nitrogen and oxygen atoms in total. The average Bonchev–Trinajstić information content (AvgIpc) is 2.13. The van der Waals surface area contributed by atoms with Gasteiger partial charge in [0.25, 0.3) is 0 Å². The molecule has 0 amide bonds. The van der Waals surface area contributed by atoms with Crippen molar-refractivity contribution in [2.24, 2.45) is 0 Å². The molecule has 0 saturated carbocycles. The molecule has 0 saturated heterocycles. The Labute approximate surface area is 92.1 Å². The third-order valence-electron chi connectivity index (χ3n) is 2.36. The van der Waals surface area contributed by atoms with E-state index in [-0.39, 0.29) is 11.7 Å². The third-order valence-corrected chi connectivity index (χ3v) is 3.18. The number of hydrogen-bond donors (Lipinski definition) is 1. The van der Waals surface area contributed by atoms with Crippen molar-refractivity contribution in [1.29, 1.82) is 0 Å². The van der Waals surface area contributed by atoms with E-state index in [1.807, 2.05) is 19.9 Å². The van der Waals surface area contributed by atoms with Crippen LogP contribution in [0.25, 0.3) is 0 Å². The van der Waals surface area contributed by atoms with Gasteiger partial charge in [-0.2, -0.15) is 0 Å². The van der Waals surface area contributed by atoms with Crippen molar-refractivity contribution < 1.29 is 9.90 Å². The molecule has 0 fully saturated rings. The number of hydrogen-bond acceptors (Lipinski definition) is 2. The highest BCUT2D eigenvalue weighted by molar-refractivity contribution is 9.10. The van der Waals surface area contributed by atoms with Crippen molar-refractivity contribution >= 4 is 22.2 Å². The van der Waals surface area contributed by atoms with Crippen LogP contribution in [0.3, 0.4) is 0 Å². The molecule has 1 atom stereocenters. The highest BCUT2D eigenvalue weighted by Gasteiger charge is 2.09. The van der Waals surface area contributed by atoms with Crippen LogP contribution in [0.1, 0.15) is 30.4 Å². The number of halogens is 1. The second-order valence-corrected chi connectivity index (χ2v) is 4.30. The molecule has 1 aromatic carbocycles. The van der Waals surface area contributed by atoms with Gasteiger partial charge in [0, 0.05) is 16.5 Å². The summed E-state index contributed by atoms with van der Waals surface area (Å²) in [4.78, 5) is 10.4. The Balaban J connectivity index is 3.05. The predicted octanol–water partition coefficient (Wildman–Crippen LogP) is 3.16. The van der Waals surface area contributed by atoms with Crippen LogP contribution in [0.5, 0.6) is 5.75 Å². The van der Waals surface area contributed by atoms with Crippen LogP contribution in [-0.4, -0.2) is 11.4 Å². The van der Waals surface area contributed by atoms with E-state index in [9.17, 15) is 9.90 Å². The highest BCUT2D eigenvalue weighted by Crippen LogP contribution is 2.31. The zero-order valence-electron chi connectivity index (χ0n) is 8.25. The minimum absolute atomic E-state index is 0.148. The van der Waals surface area contributed by atoms with Gasteiger partial charge < -0.3 is 9.90 Å². The van der Waals surface area contributed by atoms with Crippen LogP contribution < -0.4 is 0 Å². The summed E-state index contributed by atoms with van der Waals surface area (Å²) < 4.78 is 0.880. The molecule has 0 aliphatic rings. The summed E-state index contributed by atoms with van der Waals surface area (Å²) in [5.74, 6) is 0.419. The van der Waals surface area contributed by atoms with Gasteiger partial charge in [-0.1, -0.05) is 22.9 Å². The molecule has 3 heteroatoms. The minimum Gasteiger partial charge on any atom is -0.508 e. The molecule has 1 rings (SSSR count). The molecule has 1 N–H and O–H groups in total. The Morgan fingerprint density at radius 1 is 1.57 bits per heavy atom. The van der Waals surface area contributed by atoms with E-state index < -0.39 is 0 Å². The van der Waals surface area contributed by atoms with Gasteiger partial charge in [0.2, 0.25) is 0 Å². The molecule has 14 heavy (non-hydrogen) atoms. The smallest absolute Gasteiger partial charge is 0.120 e. The lowest BCUT2D eigenvalue weighted by molar-refractivity contribution is -0.108. The molecular formula is C11H13BrO2. The molecule has 0 heterocycles. The summed E-state index contributed by atoms with van der Waals surface area (Å²) in [7, 11) is 0. The summed E-state index contributed by atoms with van der Waals surface area (Å²) >= 11 is 3.37. The fourth-order valence-electron chi connectivity index (χ4n) is 1.25. The fraction of sp³-hybridized carbons (Fsp3) is 0.364. The maximum absolute atomic E-state index is 10.4. The number of carbonyl (C=O) groups excluding carboxylic acids is 1. The van der Waals surface area contributed by atoms with Crippen LogP contribution in [0, 0.1) is 6.92 Å². The van der Waals surface area contributed by atoms with Crippen LogP contribution >= 0.6 is 15.9 Å².